The zero-order valence-electron chi connectivity index (χ0n) is 7.72. The highest BCUT2D eigenvalue weighted by molar-refractivity contribution is 5.04. The molecule has 64 valence electrons. The maximum absolute atomic E-state index is 3.67. The number of fused-ring (bicyclic) bond motifs is 2. The van der Waals surface area contributed by atoms with Crippen LogP contribution in [-0.2, 0) is 0 Å². The number of rotatable bonds is 0. The fraction of sp³-hybridized carbons (Fsp3) is 1.00. The van der Waals surface area contributed by atoms with Crippen molar-refractivity contribution in [1.29, 1.82) is 0 Å². The summed E-state index contributed by atoms with van der Waals surface area (Å²) in [5, 5.41) is 3.67. The molecule has 0 amide bonds. The van der Waals surface area contributed by atoms with Crippen LogP contribution >= 0.6 is 0 Å². The van der Waals surface area contributed by atoms with E-state index in [0.29, 0.717) is 5.54 Å². The molecule has 2 bridgehead atoms. The minimum atomic E-state index is 0.368. The number of likely N-dealkylation sites (N-methyl/N-ethyl adjacent to an activating group) is 1. The van der Waals surface area contributed by atoms with E-state index in [4.69, 9.17) is 0 Å². The van der Waals surface area contributed by atoms with E-state index in [1.807, 2.05) is 0 Å². The lowest BCUT2D eigenvalue weighted by Crippen LogP contribution is -2.62. The van der Waals surface area contributed by atoms with E-state index in [9.17, 15) is 0 Å². The van der Waals surface area contributed by atoms with Gasteiger partial charge >= 0.3 is 0 Å². The van der Waals surface area contributed by atoms with Crippen molar-refractivity contribution in [2.24, 2.45) is 0 Å². The maximum atomic E-state index is 3.67. The topological polar surface area (TPSA) is 15.3 Å². The highest BCUT2D eigenvalue weighted by atomic mass is 15.3. The molecule has 2 fully saturated rings. The summed E-state index contributed by atoms with van der Waals surface area (Å²) in [6.07, 6.45) is 2.74. The molecule has 0 aromatic carbocycles. The molecule has 0 radical (unpaired) electrons. The van der Waals surface area contributed by atoms with Crippen molar-refractivity contribution < 1.29 is 0 Å². The van der Waals surface area contributed by atoms with Crippen molar-refractivity contribution in [3.8, 4) is 0 Å². The van der Waals surface area contributed by atoms with Crippen LogP contribution in [0, 0.1) is 0 Å². The summed E-state index contributed by atoms with van der Waals surface area (Å²) in [7, 11) is 2.24. The van der Waals surface area contributed by atoms with Gasteiger partial charge in [0.25, 0.3) is 0 Å². The van der Waals surface area contributed by atoms with Gasteiger partial charge in [-0.25, -0.2) is 0 Å². The van der Waals surface area contributed by atoms with Gasteiger partial charge in [-0.2, -0.15) is 0 Å². The number of piperazine rings is 1. The Kier molecular flexibility index (Phi) is 1.52. The first kappa shape index (κ1) is 7.56. The van der Waals surface area contributed by atoms with Crippen molar-refractivity contribution >= 4 is 0 Å². The summed E-state index contributed by atoms with van der Waals surface area (Å²) in [5.41, 5.74) is 0.368. The Labute approximate surface area is 69.0 Å². The molecule has 2 heteroatoms. The summed E-state index contributed by atoms with van der Waals surface area (Å²) in [4.78, 5) is 2.49. The first-order chi connectivity index (χ1) is 5.10. The summed E-state index contributed by atoms with van der Waals surface area (Å²) < 4.78 is 0. The van der Waals surface area contributed by atoms with Gasteiger partial charge in [0, 0.05) is 24.2 Å². The predicted octanol–water partition coefficient (Wildman–Crippen LogP) is 0.831. The van der Waals surface area contributed by atoms with E-state index in [-0.39, 0.29) is 0 Å². The van der Waals surface area contributed by atoms with Crippen LogP contribution in [0.5, 0.6) is 0 Å². The van der Waals surface area contributed by atoms with Gasteiger partial charge in [0.05, 0.1) is 0 Å². The fourth-order valence-corrected chi connectivity index (χ4v) is 2.35. The Morgan fingerprint density at radius 2 is 2.09 bits per heavy atom. The normalized spacial score (nSPS) is 42.8. The monoisotopic (exact) mass is 154 g/mol. The maximum Gasteiger partial charge on any atom is 0.0303 e. The molecule has 2 nitrogen and oxygen atoms in total. The van der Waals surface area contributed by atoms with E-state index in [2.05, 4.69) is 31.1 Å². The van der Waals surface area contributed by atoms with E-state index >= 15 is 0 Å². The Balaban J connectivity index is 2.20. The third-order valence-electron chi connectivity index (χ3n) is 3.57. The predicted molar refractivity (Wildman–Crippen MR) is 46.7 cm³/mol. The summed E-state index contributed by atoms with van der Waals surface area (Å²) in [6, 6.07) is 1.50. The zero-order valence-corrected chi connectivity index (χ0v) is 7.72. The van der Waals surface area contributed by atoms with Gasteiger partial charge < -0.3 is 5.32 Å². The molecule has 0 aromatic heterocycles. The van der Waals surface area contributed by atoms with Crippen molar-refractivity contribution in [1.82, 2.24) is 10.2 Å². The Bertz CT molecular complexity index is 165. The minimum absolute atomic E-state index is 0.368. The second kappa shape index (κ2) is 2.20. The van der Waals surface area contributed by atoms with Crippen LogP contribution in [0.4, 0.5) is 0 Å². The van der Waals surface area contributed by atoms with Gasteiger partial charge in [0.2, 0.25) is 0 Å². The van der Waals surface area contributed by atoms with Crippen molar-refractivity contribution in [3.05, 3.63) is 0 Å². The lowest BCUT2D eigenvalue weighted by Gasteiger charge is -2.45. The molecule has 2 rings (SSSR count). The van der Waals surface area contributed by atoms with Crippen LogP contribution < -0.4 is 5.32 Å². The van der Waals surface area contributed by atoms with Gasteiger partial charge in [-0.3, -0.25) is 4.90 Å². The van der Waals surface area contributed by atoms with Gasteiger partial charge in [-0.05, 0) is 33.7 Å². The van der Waals surface area contributed by atoms with E-state index < -0.39 is 0 Å². The van der Waals surface area contributed by atoms with E-state index in [0.717, 1.165) is 12.1 Å². The number of nitrogens with zero attached hydrogens (tertiary/aromatic N) is 1. The highest BCUT2D eigenvalue weighted by Gasteiger charge is 2.43. The SMILES string of the molecule is CN1C[C@H]2CC[C@H](N2)C1(C)C. The highest BCUT2D eigenvalue weighted by Crippen LogP contribution is 2.31. The summed E-state index contributed by atoms with van der Waals surface area (Å²) >= 11 is 0. The largest absolute Gasteiger partial charge is 0.308 e. The zero-order chi connectivity index (χ0) is 8.06. The molecule has 0 aromatic rings. The molecule has 2 atom stereocenters. The minimum Gasteiger partial charge on any atom is -0.308 e. The molecule has 0 saturated carbocycles. The lowest BCUT2D eigenvalue weighted by molar-refractivity contribution is 0.0780. The third kappa shape index (κ3) is 1.00. The van der Waals surface area contributed by atoms with Crippen LogP contribution in [0.15, 0.2) is 0 Å². The second-order valence-corrected chi connectivity index (χ2v) is 4.53. The first-order valence-corrected chi connectivity index (χ1v) is 4.58. The lowest BCUT2D eigenvalue weighted by atomic mass is 9.91. The molecule has 1 N–H and O–H groups in total. The molecule has 0 aliphatic carbocycles. The number of nitrogens with one attached hydrogen (secondary N) is 1. The molecule has 2 aliphatic heterocycles. The molecule has 2 saturated heterocycles. The van der Waals surface area contributed by atoms with Gasteiger partial charge in [-0.15, -0.1) is 0 Å². The summed E-state index contributed by atoms with van der Waals surface area (Å²) in [6.45, 7) is 5.90. The quantitative estimate of drug-likeness (QED) is 0.556. The average Bonchev–Trinajstić information content (AvgIpc) is 2.31. The van der Waals surface area contributed by atoms with Crippen LogP contribution in [0.25, 0.3) is 0 Å². The van der Waals surface area contributed by atoms with E-state index in [1.165, 1.54) is 19.4 Å². The Morgan fingerprint density at radius 3 is 2.82 bits per heavy atom. The second-order valence-electron chi connectivity index (χ2n) is 4.53. The van der Waals surface area contributed by atoms with Crippen LogP contribution in [0.3, 0.4) is 0 Å². The van der Waals surface area contributed by atoms with Gasteiger partial charge in [0.1, 0.15) is 0 Å². The van der Waals surface area contributed by atoms with Crippen molar-refractivity contribution in [2.75, 3.05) is 13.6 Å². The van der Waals surface area contributed by atoms with E-state index in [1.54, 1.807) is 0 Å². The van der Waals surface area contributed by atoms with Crippen LogP contribution in [-0.4, -0.2) is 36.1 Å². The fourth-order valence-electron chi connectivity index (χ4n) is 2.35. The molecule has 0 spiro atoms. The molecule has 11 heavy (non-hydrogen) atoms. The number of likely N-dealkylation sites (tertiary alicyclic amines) is 1. The summed E-state index contributed by atoms with van der Waals surface area (Å²) in [5.74, 6) is 0. The Hall–Kier alpha value is -0.0800. The third-order valence-corrected chi connectivity index (χ3v) is 3.57. The number of hydrogen-bond acceptors (Lipinski definition) is 2. The van der Waals surface area contributed by atoms with Crippen LogP contribution in [0.2, 0.25) is 0 Å². The van der Waals surface area contributed by atoms with Crippen molar-refractivity contribution in [3.63, 3.8) is 0 Å². The first-order valence-electron chi connectivity index (χ1n) is 4.58. The van der Waals surface area contributed by atoms with Crippen LogP contribution in [0.1, 0.15) is 26.7 Å². The Morgan fingerprint density at radius 1 is 1.36 bits per heavy atom. The molecule has 0 unspecified atom stereocenters. The molecular weight excluding hydrogens is 136 g/mol. The number of hydrogen-bond donors (Lipinski definition) is 1. The van der Waals surface area contributed by atoms with Gasteiger partial charge in [0.15, 0.2) is 0 Å². The molecule has 2 heterocycles. The molecular formula is C9H18N2. The standard InChI is InChI=1S/C9H18N2/c1-9(2)8-5-4-7(10-8)6-11(9)3/h7-8,10H,4-6H2,1-3H3/t7-,8+/m1/s1. The molecule has 2 aliphatic rings. The average molecular weight is 154 g/mol. The smallest absolute Gasteiger partial charge is 0.0303 e. The van der Waals surface area contributed by atoms with Gasteiger partial charge in [-0.1, -0.05) is 0 Å². The van der Waals surface area contributed by atoms with Crippen molar-refractivity contribution in [2.45, 2.75) is 44.3 Å².